The summed E-state index contributed by atoms with van der Waals surface area (Å²) in [4.78, 5) is 3.83. The second-order valence-electron chi connectivity index (χ2n) is 5.15. The monoisotopic (exact) mass is 279 g/mol. The average Bonchev–Trinajstić information content (AvgIpc) is 2.88. The Kier molecular flexibility index (Phi) is 4.43. The van der Waals surface area contributed by atoms with E-state index in [0.29, 0.717) is 0 Å². The summed E-state index contributed by atoms with van der Waals surface area (Å²) in [6.45, 7) is 4.72. The van der Waals surface area contributed by atoms with Crippen molar-refractivity contribution in [1.29, 1.82) is 0 Å². The van der Waals surface area contributed by atoms with Crippen LogP contribution in [0.1, 0.15) is 12.8 Å². The molecule has 0 N–H and O–H groups in total. The summed E-state index contributed by atoms with van der Waals surface area (Å²) in [6, 6.07) is 10.6. The van der Waals surface area contributed by atoms with Gasteiger partial charge in [0.2, 0.25) is 0 Å². The molecule has 0 unspecified atom stereocenters. The van der Waals surface area contributed by atoms with E-state index in [0.717, 1.165) is 38.5 Å². The second-order valence-corrected chi connectivity index (χ2v) is 6.32. The first-order chi connectivity index (χ1) is 9.36. The molecule has 4 heteroatoms. The maximum absolute atomic E-state index is 5.81. The molecule has 2 saturated heterocycles. The maximum atomic E-state index is 5.81. The second kappa shape index (κ2) is 6.27. The molecule has 3 rings (SSSR count). The zero-order valence-corrected chi connectivity index (χ0v) is 12.0. The lowest BCUT2D eigenvalue weighted by Crippen LogP contribution is -2.49. The number of piperidine rings is 1. The first kappa shape index (κ1) is 13.4. The fraction of sp³-hybridized carbons (Fsp3) is 0.600. The summed E-state index contributed by atoms with van der Waals surface area (Å²) in [5, 5.41) is 0. The van der Waals surface area contributed by atoms with Gasteiger partial charge in [-0.2, -0.15) is 0 Å². The number of hydrogen-bond acceptors (Lipinski definition) is 4. The van der Waals surface area contributed by atoms with Gasteiger partial charge in [-0.1, -0.05) is 18.2 Å². The molecule has 2 heterocycles. The zero-order chi connectivity index (χ0) is 13.0. The summed E-state index contributed by atoms with van der Waals surface area (Å²) in [6.07, 6.45) is 2.23. The Morgan fingerprint density at radius 3 is 2.74 bits per heavy atom. The van der Waals surface area contributed by atoms with Crippen molar-refractivity contribution >= 4 is 11.8 Å². The summed E-state index contributed by atoms with van der Waals surface area (Å²) >= 11 is 1.92. The lowest BCUT2D eigenvalue weighted by atomic mass is 10.0. The molecule has 1 spiro atoms. The molecule has 3 nitrogen and oxygen atoms in total. The van der Waals surface area contributed by atoms with Gasteiger partial charge in [0.15, 0.2) is 5.79 Å². The van der Waals surface area contributed by atoms with Gasteiger partial charge in [0, 0.05) is 23.6 Å². The Morgan fingerprint density at radius 2 is 1.95 bits per heavy atom. The van der Waals surface area contributed by atoms with Crippen molar-refractivity contribution in [2.45, 2.75) is 23.5 Å². The van der Waals surface area contributed by atoms with Crippen molar-refractivity contribution in [2.24, 2.45) is 0 Å². The third-order valence-electron chi connectivity index (χ3n) is 3.73. The van der Waals surface area contributed by atoms with Crippen molar-refractivity contribution in [1.82, 2.24) is 4.90 Å². The normalized spacial score (nSPS) is 22.9. The topological polar surface area (TPSA) is 21.7 Å². The van der Waals surface area contributed by atoms with Gasteiger partial charge in [-0.3, -0.25) is 4.90 Å². The number of hydrogen-bond donors (Lipinski definition) is 0. The fourth-order valence-electron chi connectivity index (χ4n) is 2.80. The first-order valence-corrected chi connectivity index (χ1v) is 8.03. The number of rotatable bonds is 4. The molecule has 1 aromatic rings. The van der Waals surface area contributed by atoms with Crippen LogP contribution in [-0.4, -0.2) is 49.3 Å². The molecule has 0 atom stereocenters. The van der Waals surface area contributed by atoms with Crippen LogP contribution in [0.5, 0.6) is 0 Å². The number of thioether (sulfide) groups is 1. The van der Waals surface area contributed by atoms with Gasteiger partial charge < -0.3 is 9.47 Å². The van der Waals surface area contributed by atoms with Crippen molar-refractivity contribution in [2.75, 3.05) is 38.6 Å². The van der Waals surface area contributed by atoms with Crippen LogP contribution in [-0.2, 0) is 9.47 Å². The minimum atomic E-state index is -0.282. The summed E-state index contributed by atoms with van der Waals surface area (Å²) in [5.41, 5.74) is 0. The molecular weight excluding hydrogens is 258 g/mol. The van der Waals surface area contributed by atoms with Gasteiger partial charge in [-0.25, -0.2) is 0 Å². The summed E-state index contributed by atoms with van der Waals surface area (Å²) in [5.74, 6) is 0.843. The Balaban J connectivity index is 1.45. The first-order valence-electron chi connectivity index (χ1n) is 7.04. The van der Waals surface area contributed by atoms with E-state index in [1.165, 1.54) is 17.9 Å². The van der Waals surface area contributed by atoms with Crippen LogP contribution in [0.4, 0.5) is 0 Å². The molecule has 0 aliphatic carbocycles. The third kappa shape index (κ3) is 3.51. The van der Waals surface area contributed by atoms with E-state index in [1.807, 2.05) is 11.8 Å². The Labute approximate surface area is 119 Å². The number of likely N-dealkylation sites (tertiary alicyclic amines) is 1. The Hall–Kier alpha value is -0.550. The molecular formula is C15H21NO2S. The van der Waals surface area contributed by atoms with Crippen LogP contribution >= 0.6 is 11.8 Å². The number of benzene rings is 1. The number of nitrogens with zero attached hydrogens (tertiary/aromatic N) is 1. The smallest absolute Gasteiger partial charge is 0.181 e. The van der Waals surface area contributed by atoms with Crippen molar-refractivity contribution in [3.05, 3.63) is 30.3 Å². The van der Waals surface area contributed by atoms with E-state index >= 15 is 0 Å². The molecule has 2 aliphatic heterocycles. The highest BCUT2D eigenvalue weighted by atomic mass is 32.2. The van der Waals surface area contributed by atoms with Crippen LogP contribution in [0.15, 0.2) is 35.2 Å². The molecule has 0 bridgehead atoms. The lowest BCUT2D eigenvalue weighted by molar-refractivity contribution is -0.188. The minimum absolute atomic E-state index is 0.282. The Morgan fingerprint density at radius 1 is 1.16 bits per heavy atom. The predicted molar refractivity (Wildman–Crippen MR) is 77.5 cm³/mol. The average molecular weight is 279 g/mol. The van der Waals surface area contributed by atoms with Crippen LogP contribution in [0.3, 0.4) is 0 Å². The standard InChI is InChI=1S/C15H21NO2S/c1-2-5-14(6-3-1)19-12-9-16-8-4-7-15(13-16)17-10-11-18-15/h1-3,5-6H,4,7-13H2. The van der Waals surface area contributed by atoms with Crippen LogP contribution in [0.2, 0.25) is 0 Å². The van der Waals surface area contributed by atoms with Crippen LogP contribution in [0, 0.1) is 0 Å². The molecule has 104 valence electrons. The van der Waals surface area contributed by atoms with E-state index in [-0.39, 0.29) is 5.79 Å². The van der Waals surface area contributed by atoms with E-state index in [4.69, 9.17) is 9.47 Å². The molecule has 0 amide bonds. The van der Waals surface area contributed by atoms with Crippen molar-refractivity contribution < 1.29 is 9.47 Å². The number of ether oxygens (including phenoxy) is 2. The quantitative estimate of drug-likeness (QED) is 0.790. The van der Waals surface area contributed by atoms with E-state index in [2.05, 4.69) is 35.2 Å². The van der Waals surface area contributed by atoms with Crippen LogP contribution in [0.25, 0.3) is 0 Å². The zero-order valence-electron chi connectivity index (χ0n) is 11.2. The molecule has 2 fully saturated rings. The van der Waals surface area contributed by atoms with Crippen molar-refractivity contribution in [3.63, 3.8) is 0 Å². The van der Waals surface area contributed by atoms with Gasteiger partial charge in [0.05, 0.1) is 19.8 Å². The highest BCUT2D eigenvalue weighted by Crippen LogP contribution is 2.30. The molecule has 19 heavy (non-hydrogen) atoms. The summed E-state index contributed by atoms with van der Waals surface area (Å²) < 4.78 is 11.6. The van der Waals surface area contributed by atoms with E-state index in [1.54, 1.807) is 0 Å². The van der Waals surface area contributed by atoms with Crippen molar-refractivity contribution in [3.8, 4) is 0 Å². The third-order valence-corrected chi connectivity index (χ3v) is 4.72. The minimum Gasteiger partial charge on any atom is -0.346 e. The van der Waals surface area contributed by atoms with Gasteiger partial charge >= 0.3 is 0 Å². The molecule has 0 aromatic heterocycles. The van der Waals surface area contributed by atoms with Gasteiger partial charge in [-0.15, -0.1) is 11.8 Å². The SMILES string of the molecule is c1ccc(SCCN2CCCC3(C2)OCCO3)cc1. The molecule has 0 radical (unpaired) electrons. The van der Waals surface area contributed by atoms with Crippen LogP contribution < -0.4 is 0 Å². The molecule has 0 saturated carbocycles. The lowest BCUT2D eigenvalue weighted by Gasteiger charge is -2.38. The van der Waals surface area contributed by atoms with E-state index < -0.39 is 0 Å². The predicted octanol–water partition coefficient (Wildman–Crippen LogP) is 2.62. The van der Waals surface area contributed by atoms with E-state index in [9.17, 15) is 0 Å². The Bertz CT molecular complexity index is 392. The molecule has 2 aliphatic rings. The highest BCUT2D eigenvalue weighted by molar-refractivity contribution is 7.99. The van der Waals surface area contributed by atoms with Gasteiger partial charge in [0.1, 0.15) is 0 Å². The highest BCUT2D eigenvalue weighted by Gasteiger charge is 2.40. The maximum Gasteiger partial charge on any atom is 0.181 e. The van der Waals surface area contributed by atoms with Gasteiger partial charge in [0.25, 0.3) is 0 Å². The van der Waals surface area contributed by atoms with Gasteiger partial charge in [-0.05, 0) is 25.1 Å². The largest absolute Gasteiger partial charge is 0.346 e. The summed E-state index contributed by atoms with van der Waals surface area (Å²) in [7, 11) is 0. The molecule has 1 aromatic carbocycles. The fourth-order valence-corrected chi connectivity index (χ4v) is 3.74.